The van der Waals surface area contributed by atoms with Crippen LogP contribution in [0.2, 0.25) is 0 Å². The van der Waals surface area contributed by atoms with Gasteiger partial charge in [-0.25, -0.2) is 0 Å². The molecule has 0 aliphatic carbocycles. The van der Waals surface area contributed by atoms with Crippen LogP contribution in [0.5, 0.6) is 0 Å². The third-order valence-electron chi connectivity index (χ3n) is 2.04. The Morgan fingerprint density at radius 2 is 1.00 bits per heavy atom. The number of thioether (sulfide) groups is 4. The van der Waals surface area contributed by atoms with Gasteiger partial charge in [-0.15, -0.1) is 0 Å². The fraction of sp³-hybridized carbons (Fsp3) is 1.00. The van der Waals surface area contributed by atoms with Crippen LogP contribution < -0.4 is 0 Å². The topological polar surface area (TPSA) is 40.5 Å². The molecule has 116 valence electrons. The highest BCUT2D eigenvalue weighted by Crippen LogP contribution is 2.13. The van der Waals surface area contributed by atoms with Crippen molar-refractivity contribution in [3.63, 3.8) is 0 Å². The van der Waals surface area contributed by atoms with E-state index in [1.54, 1.807) is 0 Å². The standard InChI is InChI=1S/C13H28O2S4/c1-12(14)10-18-8-6-16-4-3-5-17-7-9-19-11-13(2)15/h12-15H,3-11H2,1-2H3. The lowest BCUT2D eigenvalue weighted by atomic mass is 10.5. The molecule has 0 amide bonds. The van der Waals surface area contributed by atoms with E-state index in [1.807, 2.05) is 60.9 Å². The highest BCUT2D eigenvalue weighted by Gasteiger charge is 1.97. The lowest BCUT2D eigenvalue weighted by molar-refractivity contribution is 0.220. The Morgan fingerprint density at radius 3 is 1.37 bits per heavy atom. The largest absolute Gasteiger partial charge is 0.393 e. The molecule has 2 unspecified atom stereocenters. The highest BCUT2D eigenvalue weighted by atomic mass is 32.2. The maximum absolute atomic E-state index is 9.10. The van der Waals surface area contributed by atoms with Gasteiger partial charge >= 0.3 is 0 Å². The van der Waals surface area contributed by atoms with Gasteiger partial charge < -0.3 is 10.2 Å². The molecule has 6 heteroatoms. The third-order valence-corrected chi connectivity index (χ3v) is 7.12. The maximum atomic E-state index is 9.10. The van der Waals surface area contributed by atoms with E-state index in [1.165, 1.54) is 29.4 Å². The van der Waals surface area contributed by atoms with Gasteiger partial charge in [-0.2, -0.15) is 47.0 Å². The summed E-state index contributed by atoms with van der Waals surface area (Å²) in [6.45, 7) is 3.69. The molecule has 0 spiro atoms. The van der Waals surface area contributed by atoms with Crippen molar-refractivity contribution in [1.82, 2.24) is 0 Å². The Hall–Kier alpha value is 1.32. The molecule has 0 radical (unpaired) electrons. The van der Waals surface area contributed by atoms with Crippen LogP contribution in [0.15, 0.2) is 0 Å². The van der Waals surface area contributed by atoms with E-state index in [-0.39, 0.29) is 12.2 Å². The van der Waals surface area contributed by atoms with Crippen molar-refractivity contribution >= 4 is 47.0 Å². The minimum absolute atomic E-state index is 0.168. The average Bonchev–Trinajstić information content (AvgIpc) is 2.34. The zero-order chi connectivity index (χ0) is 14.3. The Kier molecular flexibility index (Phi) is 16.8. The smallest absolute Gasteiger partial charge is 0.0602 e. The van der Waals surface area contributed by atoms with Gasteiger partial charge in [-0.3, -0.25) is 0 Å². The van der Waals surface area contributed by atoms with E-state index >= 15 is 0 Å². The van der Waals surface area contributed by atoms with Crippen LogP contribution in [0.3, 0.4) is 0 Å². The first-order valence-corrected chi connectivity index (χ1v) is 11.4. The van der Waals surface area contributed by atoms with Gasteiger partial charge in [-0.1, -0.05) is 0 Å². The zero-order valence-corrected chi connectivity index (χ0v) is 15.3. The van der Waals surface area contributed by atoms with E-state index in [9.17, 15) is 0 Å². The third kappa shape index (κ3) is 19.3. The van der Waals surface area contributed by atoms with E-state index < -0.39 is 0 Å². The second-order valence-electron chi connectivity index (χ2n) is 4.43. The molecular weight excluding hydrogens is 316 g/mol. The maximum Gasteiger partial charge on any atom is 0.0602 e. The number of hydrogen-bond donors (Lipinski definition) is 2. The summed E-state index contributed by atoms with van der Waals surface area (Å²) in [5, 5.41) is 18.2. The number of aliphatic hydroxyl groups excluding tert-OH is 2. The van der Waals surface area contributed by atoms with Gasteiger partial charge in [0.15, 0.2) is 0 Å². The van der Waals surface area contributed by atoms with E-state index in [4.69, 9.17) is 10.2 Å². The summed E-state index contributed by atoms with van der Waals surface area (Å²) in [6, 6.07) is 0. The van der Waals surface area contributed by atoms with Gasteiger partial charge in [0.1, 0.15) is 0 Å². The Labute approximate surface area is 135 Å². The summed E-state index contributed by atoms with van der Waals surface area (Å²) in [4.78, 5) is 0. The molecule has 0 heterocycles. The molecule has 0 aromatic carbocycles. The molecule has 0 rings (SSSR count). The number of aliphatic hydroxyl groups is 2. The van der Waals surface area contributed by atoms with E-state index in [0.29, 0.717) is 0 Å². The Morgan fingerprint density at radius 1 is 0.632 bits per heavy atom. The summed E-state index contributed by atoms with van der Waals surface area (Å²) in [5.74, 6) is 8.93. The lowest BCUT2D eigenvalue weighted by Gasteiger charge is -2.05. The number of hydrogen-bond acceptors (Lipinski definition) is 6. The zero-order valence-electron chi connectivity index (χ0n) is 12.0. The minimum atomic E-state index is -0.168. The van der Waals surface area contributed by atoms with Crippen molar-refractivity contribution in [3.8, 4) is 0 Å². The molecule has 2 nitrogen and oxygen atoms in total. The Bertz CT molecular complexity index is 162. The molecule has 0 aliphatic rings. The number of rotatable bonds is 14. The highest BCUT2D eigenvalue weighted by molar-refractivity contribution is 8.03. The predicted octanol–water partition coefficient (Wildman–Crippen LogP) is 3.07. The monoisotopic (exact) mass is 344 g/mol. The molecule has 0 aromatic heterocycles. The van der Waals surface area contributed by atoms with Crippen molar-refractivity contribution < 1.29 is 10.2 Å². The predicted molar refractivity (Wildman–Crippen MR) is 97.3 cm³/mol. The molecule has 2 N–H and O–H groups in total. The Balaban J connectivity index is 2.95. The molecule has 0 saturated heterocycles. The van der Waals surface area contributed by atoms with E-state index in [2.05, 4.69) is 0 Å². The van der Waals surface area contributed by atoms with E-state index in [0.717, 1.165) is 23.0 Å². The van der Waals surface area contributed by atoms with Crippen LogP contribution in [0.4, 0.5) is 0 Å². The van der Waals surface area contributed by atoms with Crippen molar-refractivity contribution in [1.29, 1.82) is 0 Å². The van der Waals surface area contributed by atoms with Crippen LogP contribution in [0, 0.1) is 0 Å². The minimum Gasteiger partial charge on any atom is -0.393 e. The first-order chi connectivity index (χ1) is 9.13. The van der Waals surface area contributed by atoms with Crippen molar-refractivity contribution in [2.45, 2.75) is 32.5 Å². The van der Waals surface area contributed by atoms with Crippen LogP contribution in [-0.4, -0.2) is 68.4 Å². The molecule has 0 aromatic rings. The average molecular weight is 345 g/mol. The molecule has 0 saturated carbocycles. The second-order valence-corrected chi connectivity index (χ2v) is 9.18. The summed E-state index contributed by atoms with van der Waals surface area (Å²) in [7, 11) is 0. The lowest BCUT2D eigenvalue weighted by Crippen LogP contribution is -2.04. The van der Waals surface area contributed by atoms with Crippen LogP contribution >= 0.6 is 47.0 Å². The molecule has 0 aliphatic heterocycles. The summed E-state index contributed by atoms with van der Waals surface area (Å²) in [6.07, 6.45) is 0.952. The fourth-order valence-electron chi connectivity index (χ4n) is 1.21. The fourth-order valence-corrected chi connectivity index (χ4v) is 5.40. The van der Waals surface area contributed by atoms with Gasteiger partial charge in [-0.05, 0) is 31.8 Å². The summed E-state index contributed by atoms with van der Waals surface area (Å²) < 4.78 is 0. The molecule has 0 bridgehead atoms. The van der Waals surface area contributed by atoms with Gasteiger partial charge in [0.25, 0.3) is 0 Å². The second kappa shape index (κ2) is 15.7. The normalized spacial score (nSPS) is 14.5. The van der Waals surface area contributed by atoms with Gasteiger partial charge in [0.05, 0.1) is 12.2 Å². The van der Waals surface area contributed by atoms with Crippen molar-refractivity contribution in [2.75, 3.05) is 46.0 Å². The van der Waals surface area contributed by atoms with Crippen molar-refractivity contribution in [3.05, 3.63) is 0 Å². The molecule has 2 atom stereocenters. The van der Waals surface area contributed by atoms with Crippen LogP contribution in [-0.2, 0) is 0 Å². The summed E-state index contributed by atoms with van der Waals surface area (Å²) >= 11 is 7.73. The SMILES string of the molecule is CC(O)CSCCSCCCSCCSCC(C)O. The van der Waals surface area contributed by atoms with Gasteiger partial charge in [0, 0.05) is 34.5 Å². The van der Waals surface area contributed by atoms with Gasteiger partial charge in [0.2, 0.25) is 0 Å². The molecular formula is C13H28O2S4. The van der Waals surface area contributed by atoms with Crippen LogP contribution in [0.1, 0.15) is 20.3 Å². The first-order valence-electron chi connectivity index (χ1n) is 6.80. The summed E-state index contributed by atoms with van der Waals surface area (Å²) in [5.41, 5.74) is 0. The quantitative estimate of drug-likeness (QED) is 0.472. The molecule has 0 fully saturated rings. The first kappa shape index (κ1) is 20.3. The van der Waals surface area contributed by atoms with Crippen molar-refractivity contribution in [2.24, 2.45) is 0 Å². The van der Waals surface area contributed by atoms with Crippen LogP contribution in [0.25, 0.3) is 0 Å². The molecule has 19 heavy (non-hydrogen) atoms.